The summed E-state index contributed by atoms with van der Waals surface area (Å²) in [7, 11) is -4.97. The number of halogens is 6. The molecular weight excluding hydrogens is 517 g/mol. The highest BCUT2D eigenvalue weighted by molar-refractivity contribution is 7.96. The monoisotopic (exact) mass is 546 g/mol. The van der Waals surface area contributed by atoms with Crippen molar-refractivity contribution in [1.82, 2.24) is 0 Å². The number of benzene rings is 2. The van der Waals surface area contributed by atoms with Crippen LogP contribution in [0.15, 0.2) is 30.3 Å². The Morgan fingerprint density at radius 2 is 1.19 bits per heavy atom. The van der Waals surface area contributed by atoms with E-state index in [0.717, 1.165) is 5.56 Å². The smallest absolute Gasteiger partial charge is 0.306 e. The van der Waals surface area contributed by atoms with E-state index in [-0.39, 0.29) is 23.8 Å². The Morgan fingerprint density at radius 1 is 0.784 bits per heavy atom. The summed E-state index contributed by atoms with van der Waals surface area (Å²) in [5.74, 6) is 0. The van der Waals surface area contributed by atoms with E-state index in [9.17, 15) is 40.5 Å². The number of rotatable bonds is 5. The van der Waals surface area contributed by atoms with Gasteiger partial charge in [0.25, 0.3) is 0 Å². The lowest BCUT2D eigenvalue weighted by Gasteiger charge is -2.27. The SMILES string of the molecule is Cc1cc(C(C)(C)C)cc(C)c1C(=O)P(=O)(C(=O)c1c(C(F)(F)F)cccc1C(F)(F)F)C1CCCC1. The van der Waals surface area contributed by atoms with E-state index in [2.05, 4.69) is 0 Å². The number of aryl methyl sites for hydroxylation is 2. The Labute approximate surface area is 212 Å². The minimum absolute atomic E-state index is 0.0883. The van der Waals surface area contributed by atoms with Gasteiger partial charge in [-0.3, -0.25) is 9.59 Å². The van der Waals surface area contributed by atoms with Crippen molar-refractivity contribution in [2.45, 2.75) is 83.7 Å². The van der Waals surface area contributed by atoms with Crippen LogP contribution in [0.1, 0.15) is 95.0 Å². The Balaban J connectivity index is 2.33. The van der Waals surface area contributed by atoms with Crippen molar-refractivity contribution in [2.24, 2.45) is 0 Å². The zero-order valence-corrected chi connectivity index (χ0v) is 22.1. The zero-order valence-electron chi connectivity index (χ0n) is 21.2. The van der Waals surface area contributed by atoms with Gasteiger partial charge in [0.05, 0.1) is 16.7 Å². The van der Waals surface area contributed by atoms with Gasteiger partial charge in [0.15, 0.2) is 0 Å². The summed E-state index contributed by atoms with van der Waals surface area (Å²) in [5.41, 5.74) is -8.48. The third-order valence-corrected chi connectivity index (χ3v) is 10.1. The third-order valence-electron chi connectivity index (χ3n) is 6.94. The van der Waals surface area contributed by atoms with E-state index in [4.69, 9.17) is 0 Å². The molecule has 1 aliphatic rings. The predicted molar refractivity (Wildman–Crippen MR) is 130 cm³/mol. The molecule has 0 aliphatic heterocycles. The van der Waals surface area contributed by atoms with Gasteiger partial charge >= 0.3 is 12.4 Å². The summed E-state index contributed by atoms with van der Waals surface area (Å²) in [6.45, 7) is 8.92. The van der Waals surface area contributed by atoms with Crippen LogP contribution in [0.2, 0.25) is 0 Å². The van der Waals surface area contributed by atoms with Crippen molar-refractivity contribution in [3.8, 4) is 0 Å². The predicted octanol–water partition coefficient (Wildman–Crippen LogP) is 8.92. The van der Waals surface area contributed by atoms with Gasteiger partial charge in [0.2, 0.25) is 18.2 Å². The standard InChI is InChI=1S/C27H29F6O3P/c1-15-13-17(25(3,4)5)14-16(2)21(15)23(34)37(36,18-9-6-7-10-18)24(35)22-19(26(28,29)30)11-8-12-20(22)27(31,32)33/h8,11-14,18H,6-7,9-10H2,1-5H3. The molecule has 37 heavy (non-hydrogen) atoms. The molecule has 202 valence electrons. The molecule has 3 nitrogen and oxygen atoms in total. The second-order valence-corrected chi connectivity index (χ2v) is 13.5. The van der Waals surface area contributed by atoms with Crippen molar-refractivity contribution in [1.29, 1.82) is 0 Å². The van der Waals surface area contributed by atoms with E-state index >= 15 is 0 Å². The Bertz CT molecular complexity index is 1220. The number of carbonyl (C=O) groups excluding carboxylic acids is 2. The Morgan fingerprint density at radius 3 is 1.57 bits per heavy atom. The van der Waals surface area contributed by atoms with E-state index in [0.29, 0.717) is 42.2 Å². The average Bonchev–Trinajstić information content (AvgIpc) is 3.30. The van der Waals surface area contributed by atoms with Crippen LogP contribution >= 0.6 is 7.14 Å². The molecule has 0 radical (unpaired) electrons. The average molecular weight is 546 g/mol. The fourth-order valence-electron chi connectivity index (χ4n) is 5.01. The van der Waals surface area contributed by atoms with E-state index in [1.54, 1.807) is 26.0 Å². The van der Waals surface area contributed by atoms with Gasteiger partial charge in [-0.05, 0) is 60.9 Å². The Hall–Kier alpha value is -2.41. The van der Waals surface area contributed by atoms with E-state index in [1.165, 1.54) is 0 Å². The van der Waals surface area contributed by atoms with Crippen molar-refractivity contribution in [3.63, 3.8) is 0 Å². The maximum atomic E-state index is 14.5. The van der Waals surface area contributed by atoms with E-state index in [1.807, 2.05) is 20.8 Å². The maximum Gasteiger partial charge on any atom is 0.417 e. The molecule has 3 rings (SSSR count). The molecule has 0 bridgehead atoms. The van der Waals surface area contributed by atoms with E-state index < -0.39 is 52.9 Å². The van der Waals surface area contributed by atoms with Crippen LogP contribution in [0, 0.1) is 13.8 Å². The first kappa shape index (κ1) is 29.2. The molecule has 1 atom stereocenters. The summed E-state index contributed by atoms with van der Waals surface area (Å²) in [5, 5.41) is 0. The summed E-state index contributed by atoms with van der Waals surface area (Å²) in [6.07, 6.45) is -9.55. The molecule has 0 amide bonds. The molecule has 1 fully saturated rings. The minimum atomic E-state index is -5.34. The van der Waals surface area contributed by atoms with Gasteiger partial charge in [-0.25, -0.2) is 0 Å². The number of alkyl halides is 6. The van der Waals surface area contributed by atoms with Gasteiger partial charge in [-0.2, -0.15) is 26.3 Å². The fraction of sp³-hybridized carbons (Fsp3) is 0.481. The zero-order chi connectivity index (χ0) is 28.1. The first-order chi connectivity index (χ1) is 16.8. The minimum Gasteiger partial charge on any atom is -0.306 e. The summed E-state index contributed by atoms with van der Waals surface area (Å²) in [4.78, 5) is 27.7. The van der Waals surface area contributed by atoms with Crippen LogP contribution in [-0.4, -0.2) is 16.7 Å². The first-order valence-electron chi connectivity index (χ1n) is 11.9. The summed E-state index contributed by atoms with van der Waals surface area (Å²) < 4.78 is 97.7. The highest BCUT2D eigenvalue weighted by Gasteiger charge is 2.53. The lowest BCUT2D eigenvalue weighted by atomic mass is 9.84. The molecule has 1 aliphatic carbocycles. The largest absolute Gasteiger partial charge is 0.417 e. The van der Waals surface area contributed by atoms with Crippen molar-refractivity contribution >= 4 is 18.2 Å². The topological polar surface area (TPSA) is 51.2 Å². The summed E-state index contributed by atoms with van der Waals surface area (Å²) >= 11 is 0. The molecule has 1 saturated carbocycles. The van der Waals surface area contributed by atoms with Gasteiger partial charge in [-0.15, -0.1) is 0 Å². The quantitative estimate of drug-likeness (QED) is 0.278. The number of carbonyl (C=O) groups is 2. The van der Waals surface area contributed by atoms with Crippen LogP contribution in [0.4, 0.5) is 26.3 Å². The molecule has 10 heteroatoms. The van der Waals surface area contributed by atoms with Gasteiger partial charge in [-0.1, -0.05) is 51.8 Å². The molecule has 0 aromatic heterocycles. The number of hydrogen-bond acceptors (Lipinski definition) is 3. The van der Waals surface area contributed by atoms with Crippen LogP contribution in [0.5, 0.6) is 0 Å². The number of hydrogen-bond donors (Lipinski definition) is 0. The van der Waals surface area contributed by atoms with Gasteiger partial charge in [0.1, 0.15) is 0 Å². The molecule has 0 N–H and O–H groups in total. The van der Waals surface area contributed by atoms with Crippen molar-refractivity contribution < 1.29 is 40.5 Å². The molecule has 2 aromatic rings. The fourth-order valence-corrected chi connectivity index (χ4v) is 8.21. The van der Waals surface area contributed by atoms with Crippen LogP contribution in [0.3, 0.4) is 0 Å². The Kier molecular flexibility index (Phi) is 7.66. The lowest BCUT2D eigenvalue weighted by molar-refractivity contribution is -0.143. The lowest BCUT2D eigenvalue weighted by Crippen LogP contribution is -2.26. The molecule has 0 spiro atoms. The normalized spacial score (nSPS) is 17.1. The van der Waals surface area contributed by atoms with Gasteiger partial charge in [0, 0.05) is 11.2 Å². The van der Waals surface area contributed by atoms with Gasteiger partial charge < -0.3 is 4.57 Å². The molecular formula is C27H29F6O3P. The van der Waals surface area contributed by atoms with Crippen molar-refractivity contribution in [3.05, 3.63) is 69.3 Å². The van der Waals surface area contributed by atoms with Crippen LogP contribution < -0.4 is 0 Å². The molecule has 1 unspecified atom stereocenters. The first-order valence-corrected chi connectivity index (χ1v) is 13.7. The summed E-state index contributed by atoms with van der Waals surface area (Å²) in [6, 6.07) is 4.59. The van der Waals surface area contributed by atoms with Crippen LogP contribution in [-0.2, 0) is 22.3 Å². The maximum absolute atomic E-state index is 14.5. The second-order valence-electron chi connectivity index (χ2n) is 10.7. The second kappa shape index (κ2) is 9.72. The molecule has 2 aromatic carbocycles. The molecule has 0 heterocycles. The molecule has 0 saturated heterocycles. The highest BCUT2D eigenvalue weighted by atomic mass is 31.2. The van der Waals surface area contributed by atoms with Crippen LogP contribution in [0.25, 0.3) is 0 Å². The highest BCUT2D eigenvalue weighted by Crippen LogP contribution is 2.62. The van der Waals surface area contributed by atoms with Crippen molar-refractivity contribution in [2.75, 3.05) is 0 Å². The third kappa shape index (κ3) is 5.43.